The van der Waals surface area contributed by atoms with Crippen LogP contribution >= 0.6 is 0 Å². The Labute approximate surface area is 127 Å². The van der Waals surface area contributed by atoms with Crippen LogP contribution in [0.1, 0.15) is 51.4 Å². The van der Waals surface area contributed by atoms with Crippen molar-refractivity contribution in [1.82, 2.24) is 9.80 Å². The van der Waals surface area contributed by atoms with E-state index in [1.807, 2.05) is 0 Å². The van der Waals surface area contributed by atoms with Crippen LogP contribution in [0.15, 0.2) is 11.8 Å². The minimum absolute atomic E-state index is 0.252. The molecule has 118 valence electrons. The summed E-state index contributed by atoms with van der Waals surface area (Å²) in [5, 5.41) is 9.32. The van der Waals surface area contributed by atoms with Gasteiger partial charge in [0.25, 0.3) is 0 Å². The van der Waals surface area contributed by atoms with Gasteiger partial charge < -0.3 is 10.0 Å². The fourth-order valence-electron chi connectivity index (χ4n) is 3.68. The Morgan fingerprint density at radius 2 is 2.14 bits per heavy atom. The van der Waals surface area contributed by atoms with E-state index in [1.54, 1.807) is 0 Å². The van der Waals surface area contributed by atoms with Gasteiger partial charge in [0.15, 0.2) is 0 Å². The summed E-state index contributed by atoms with van der Waals surface area (Å²) in [6.07, 6.45) is 11.5. The lowest BCUT2D eigenvalue weighted by Gasteiger charge is -2.34. The van der Waals surface area contributed by atoms with Gasteiger partial charge in [0.2, 0.25) is 5.91 Å². The van der Waals surface area contributed by atoms with Crippen LogP contribution in [0.3, 0.4) is 0 Å². The third-order valence-electron chi connectivity index (χ3n) is 4.98. The highest BCUT2D eigenvalue weighted by Crippen LogP contribution is 2.34. The molecular formula is C17H28N2O2. The van der Waals surface area contributed by atoms with E-state index >= 15 is 0 Å². The Hall–Kier alpha value is -0.870. The Bertz CT molecular complexity index is 404. The second-order valence-electron chi connectivity index (χ2n) is 6.86. The smallest absolute Gasteiger partial charge is 0.241 e. The monoisotopic (exact) mass is 292 g/mol. The van der Waals surface area contributed by atoms with Crippen molar-refractivity contribution in [1.29, 1.82) is 0 Å². The first-order chi connectivity index (χ1) is 10.3. The van der Waals surface area contributed by atoms with Crippen molar-refractivity contribution in [2.75, 3.05) is 26.2 Å². The van der Waals surface area contributed by atoms with Gasteiger partial charge in [0.1, 0.15) is 0 Å². The standard InChI is InChI=1S/C17H28N2O2/c20-13-14-5-4-10-18(11-14)12-17(21)19(16-8-9-16)15-6-2-1-3-7-15/h6,14,16,20H,1-5,7-13H2. The number of hydrogen-bond donors (Lipinski definition) is 1. The lowest BCUT2D eigenvalue weighted by Crippen LogP contribution is -2.45. The predicted octanol–water partition coefficient (Wildman–Crippen LogP) is 2.14. The molecule has 1 atom stereocenters. The maximum Gasteiger partial charge on any atom is 0.241 e. The van der Waals surface area contributed by atoms with E-state index in [1.165, 1.54) is 31.4 Å². The number of allylic oxidation sites excluding steroid dienone is 2. The van der Waals surface area contributed by atoms with Crippen LogP contribution in [0.2, 0.25) is 0 Å². The van der Waals surface area contributed by atoms with E-state index in [-0.39, 0.29) is 12.5 Å². The summed E-state index contributed by atoms with van der Waals surface area (Å²) in [6.45, 7) is 2.66. The van der Waals surface area contributed by atoms with Gasteiger partial charge in [-0.15, -0.1) is 0 Å². The van der Waals surface area contributed by atoms with E-state index in [9.17, 15) is 9.90 Å². The van der Waals surface area contributed by atoms with Crippen molar-refractivity contribution in [2.24, 2.45) is 5.92 Å². The summed E-state index contributed by atoms with van der Waals surface area (Å²) in [6, 6.07) is 0.472. The Kier molecular flexibility index (Phi) is 4.96. The van der Waals surface area contributed by atoms with E-state index in [0.717, 1.165) is 38.8 Å². The van der Waals surface area contributed by atoms with Gasteiger partial charge in [-0.05, 0) is 63.8 Å². The minimum atomic E-state index is 0.252. The number of rotatable bonds is 5. The van der Waals surface area contributed by atoms with Crippen molar-refractivity contribution in [3.8, 4) is 0 Å². The lowest BCUT2D eigenvalue weighted by molar-refractivity contribution is -0.131. The fourth-order valence-corrected chi connectivity index (χ4v) is 3.68. The number of piperidine rings is 1. The molecule has 2 fully saturated rings. The van der Waals surface area contributed by atoms with Crippen LogP contribution in [0, 0.1) is 5.92 Å². The number of nitrogens with zero attached hydrogens (tertiary/aromatic N) is 2. The highest BCUT2D eigenvalue weighted by molar-refractivity contribution is 5.80. The predicted molar refractivity (Wildman–Crippen MR) is 82.7 cm³/mol. The molecule has 0 aromatic heterocycles. The van der Waals surface area contributed by atoms with Gasteiger partial charge in [0, 0.05) is 24.9 Å². The molecular weight excluding hydrogens is 264 g/mol. The molecule has 4 nitrogen and oxygen atoms in total. The summed E-state index contributed by atoms with van der Waals surface area (Å²) in [7, 11) is 0. The Morgan fingerprint density at radius 1 is 1.29 bits per heavy atom. The molecule has 3 rings (SSSR count). The molecule has 21 heavy (non-hydrogen) atoms. The van der Waals surface area contributed by atoms with Crippen LogP contribution in [0.4, 0.5) is 0 Å². The quantitative estimate of drug-likeness (QED) is 0.844. The molecule has 2 aliphatic carbocycles. The zero-order valence-corrected chi connectivity index (χ0v) is 13.0. The topological polar surface area (TPSA) is 43.8 Å². The zero-order valence-electron chi connectivity index (χ0n) is 13.0. The molecule has 4 heteroatoms. The second kappa shape index (κ2) is 6.93. The third-order valence-corrected chi connectivity index (χ3v) is 4.98. The zero-order chi connectivity index (χ0) is 14.7. The molecule has 1 saturated carbocycles. The summed E-state index contributed by atoms with van der Waals surface area (Å²) in [5.74, 6) is 0.638. The molecule has 0 radical (unpaired) electrons. The molecule has 0 aromatic rings. The van der Waals surface area contributed by atoms with Crippen LogP contribution in [0.25, 0.3) is 0 Å². The van der Waals surface area contributed by atoms with Crippen molar-refractivity contribution < 1.29 is 9.90 Å². The molecule has 0 aromatic carbocycles. The van der Waals surface area contributed by atoms with E-state index in [2.05, 4.69) is 15.9 Å². The van der Waals surface area contributed by atoms with Crippen molar-refractivity contribution >= 4 is 5.91 Å². The van der Waals surface area contributed by atoms with Gasteiger partial charge in [-0.25, -0.2) is 0 Å². The van der Waals surface area contributed by atoms with Crippen LogP contribution in [-0.4, -0.2) is 53.1 Å². The summed E-state index contributed by atoms with van der Waals surface area (Å²) in [5.41, 5.74) is 1.28. The van der Waals surface area contributed by atoms with Gasteiger partial charge in [0.05, 0.1) is 6.54 Å². The maximum atomic E-state index is 12.8. The normalized spacial score (nSPS) is 27.3. The molecule has 1 aliphatic heterocycles. The van der Waals surface area contributed by atoms with E-state index in [0.29, 0.717) is 18.5 Å². The number of likely N-dealkylation sites (tertiary alicyclic amines) is 1. The van der Waals surface area contributed by atoms with Gasteiger partial charge in [-0.2, -0.15) is 0 Å². The van der Waals surface area contributed by atoms with Gasteiger partial charge in [-0.3, -0.25) is 9.69 Å². The first kappa shape index (κ1) is 15.0. The van der Waals surface area contributed by atoms with Crippen LogP contribution in [0.5, 0.6) is 0 Å². The number of carbonyl (C=O) groups is 1. The number of aliphatic hydroxyl groups is 1. The fraction of sp³-hybridized carbons (Fsp3) is 0.824. The highest BCUT2D eigenvalue weighted by atomic mass is 16.3. The Balaban J connectivity index is 1.60. The molecule has 0 bridgehead atoms. The summed E-state index contributed by atoms with van der Waals surface area (Å²) < 4.78 is 0. The van der Waals surface area contributed by atoms with Gasteiger partial charge in [-0.1, -0.05) is 6.08 Å². The SMILES string of the molecule is O=C(CN1CCCC(CO)C1)N(C1=CCCCC1)C1CC1. The van der Waals surface area contributed by atoms with Crippen molar-refractivity contribution in [2.45, 2.75) is 57.4 Å². The molecule has 1 N–H and O–H groups in total. The number of amides is 1. The highest BCUT2D eigenvalue weighted by Gasteiger charge is 2.35. The van der Waals surface area contributed by atoms with Crippen LogP contribution < -0.4 is 0 Å². The average Bonchev–Trinajstić information content (AvgIpc) is 3.33. The Morgan fingerprint density at radius 3 is 2.81 bits per heavy atom. The number of carbonyl (C=O) groups excluding carboxylic acids is 1. The van der Waals surface area contributed by atoms with Gasteiger partial charge >= 0.3 is 0 Å². The molecule has 1 saturated heterocycles. The molecule has 1 heterocycles. The average molecular weight is 292 g/mol. The van der Waals surface area contributed by atoms with Crippen molar-refractivity contribution in [3.05, 3.63) is 11.8 Å². The molecule has 3 aliphatic rings. The molecule has 1 amide bonds. The molecule has 0 spiro atoms. The summed E-state index contributed by atoms with van der Waals surface area (Å²) in [4.78, 5) is 17.1. The van der Waals surface area contributed by atoms with E-state index in [4.69, 9.17) is 0 Å². The minimum Gasteiger partial charge on any atom is -0.396 e. The lowest BCUT2D eigenvalue weighted by atomic mass is 9.99. The van der Waals surface area contributed by atoms with E-state index < -0.39 is 0 Å². The first-order valence-electron chi connectivity index (χ1n) is 8.62. The largest absolute Gasteiger partial charge is 0.396 e. The maximum absolute atomic E-state index is 12.8. The molecule has 1 unspecified atom stereocenters. The van der Waals surface area contributed by atoms with Crippen molar-refractivity contribution in [3.63, 3.8) is 0 Å². The van der Waals surface area contributed by atoms with Crippen LogP contribution in [-0.2, 0) is 4.79 Å². The third kappa shape index (κ3) is 3.86. The number of hydrogen-bond acceptors (Lipinski definition) is 3. The number of aliphatic hydroxyl groups excluding tert-OH is 1. The summed E-state index contributed by atoms with van der Waals surface area (Å²) >= 11 is 0. The second-order valence-corrected chi connectivity index (χ2v) is 6.86. The first-order valence-corrected chi connectivity index (χ1v) is 8.62.